The number of methoxy groups -OCH3 is 1. The van der Waals surface area contributed by atoms with Crippen LogP contribution >= 0.6 is 0 Å². The molecule has 3 amide bonds. The van der Waals surface area contributed by atoms with Gasteiger partial charge in [-0.2, -0.15) is 0 Å². The highest BCUT2D eigenvalue weighted by atomic mass is 16.5. The lowest BCUT2D eigenvalue weighted by Gasteiger charge is -2.20. The summed E-state index contributed by atoms with van der Waals surface area (Å²) in [5.41, 5.74) is -1.05. The number of fused-ring (bicyclic) bond motifs is 2. The molecule has 9 heteroatoms. The molecule has 3 heterocycles. The van der Waals surface area contributed by atoms with Gasteiger partial charge in [-0.3, -0.25) is 10.1 Å². The first kappa shape index (κ1) is 19.4. The predicted molar refractivity (Wildman–Crippen MR) is 116 cm³/mol. The van der Waals surface area contributed by atoms with Crippen molar-refractivity contribution in [3.8, 4) is 29.4 Å². The van der Waals surface area contributed by atoms with Crippen LogP contribution in [0.3, 0.4) is 0 Å². The lowest BCUT2D eigenvalue weighted by Crippen LogP contribution is -2.49. The number of carbonyl (C=O) groups is 2. The van der Waals surface area contributed by atoms with Crippen molar-refractivity contribution in [3.63, 3.8) is 0 Å². The number of rotatable bonds is 3. The van der Waals surface area contributed by atoms with Gasteiger partial charge in [-0.25, -0.2) is 4.79 Å². The van der Waals surface area contributed by atoms with Gasteiger partial charge in [-0.1, -0.05) is 17.9 Å². The van der Waals surface area contributed by atoms with Crippen LogP contribution in [0.15, 0.2) is 48.8 Å². The summed E-state index contributed by atoms with van der Waals surface area (Å²) < 4.78 is 6.67. The summed E-state index contributed by atoms with van der Waals surface area (Å²) in [6.45, 7) is -0.113. The topological polar surface area (TPSA) is 129 Å². The molecular weight excluding hydrogens is 412 g/mol. The maximum Gasteiger partial charge on any atom is 0.323 e. The van der Waals surface area contributed by atoms with Crippen LogP contribution in [0.5, 0.6) is 17.5 Å². The molecule has 9 nitrogen and oxygen atoms in total. The first-order chi connectivity index (χ1) is 15.4. The zero-order valence-electron chi connectivity index (χ0n) is 16.9. The second kappa shape index (κ2) is 6.99. The number of urea groups is 1. The highest BCUT2D eigenvalue weighted by Gasteiger charge is 2.46. The van der Waals surface area contributed by atoms with Crippen LogP contribution in [0, 0.1) is 11.8 Å². The third-order valence-electron chi connectivity index (χ3n) is 5.51. The fourth-order valence-corrected chi connectivity index (χ4v) is 3.83. The van der Waals surface area contributed by atoms with Crippen LogP contribution in [-0.2, 0) is 11.3 Å². The minimum Gasteiger partial charge on any atom is -0.497 e. The monoisotopic (exact) mass is 430 g/mol. The van der Waals surface area contributed by atoms with E-state index in [2.05, 4.69) is 27.5 Å². The number of aromatic nitrogens is 2. The number of imide groups is 1. The molecule has 0 unspecified atom stereocenters. The second-order valence-corrected chi connectivity index (χ2v) is 7.54. The maximum absolute atomic E-state index is 12.7. The zero-order valence-corrected chi connectivity index (χ0v) is 16.9. The molecule has 32 heavy (non-hydrogen) atoms. The number of nitrogens with one attached hydrogen (secondary N) is 3. The highest BCUT2D eigenvalue weighted by molar-refractivity contribution is 6.09. The van der Waals surface area contributed by atoms with Crippen molar-refractivity contribution in [3.05, 3.63) is 54.4 Å². The van der Waals surface area contributed by atoms with E-state index >= 15 is 0 Å². The van der Waals surface area contributed by atoms with E-state index < -0.39 is 17.5 Å². The molecule has 5 N–H and O–H groups in total. The fraction of sp³-hybridized carbons (Fsp3) is 0.130. The molecule has 160 valence electrons. The molecule has 0 radical (unpaired) electrons. The number of hydrogen-bond donors (Lipinski definition) is 5. The molecule has 2 aromatic heterocycles. The number of nitrogens with zero attached hydrogens (tertiary/aromatic N) is 1. The van der Waals surface area contributed by atoms with Gasteiger partial charge in [0.15, 0.2) is 11.8 Å². The molecular formula is C23H18N4O5. The number of aromatic amines is 1. The van der Waals surface area contributed by atoms with Crippen LogP contribution < -0.4 is 15.4 Å². The average molecular weight is 430 g/mol. The fourth-order valence-electron chi connectivity index (χ4n) is 3.83. The Labute approximate surface area is 181 Å². The summed E-state index contributed by atoms with van der Waals surface area (Å²) in [6.07, 6.45) is 3.34. The Bertz CT molecular complexity index is 1470. The average Bonchev–Trinajstić information content (AvgIpc) is 3.40. The summed E-state index contributed by atoms with van der Waals surface area (Å²) in [7, 11) is 1.53. The van der Waals surface area contributed by atoms with Gasteiger partial charge in [0.05, 0.1) is 13.7 Å². The van der Waals surface area contributed by atoms with E-state index in [0.717, 1.165) is 10.8 Å². The molecule has 1 aliphatic rings. The summed E-state index contributed by atoms with van der Waals surface area (Å²) in [5.74, 6) is 5.69. The highest BCUT2D eigenvalue weighted by Crippen LogP contribution is 2.32. The van der Waals surface area contributed by atoms with E-state index in [1.165, 1.54) is 11.7 Å². The Morgan fingerprint density at radius 1 is 1.09 bits per heavy atom. The van der Waals surface area contributed by atoms with Crippen LogP contribution in [0.4, 0.5) is 4.79 Å². The van der Waals surface area contributed by atoms with Crippen LogP contribution in [-0.4, -0.2) is 44.4 Å². The SMILES string of the molecule is COc1ccc2cn(C[C@@]3(C#Cc4ccc5c[nH]c(O)c5c4)NC(=O)NC3=O)c(O)c2c1. The molecule has 0 saturated carbocycles. The van der Waals surface area contributed by atoms with Gasteiger partial charge in [-0.15, -0.1) is 0 Å². The third kappa shape index (κ3) is 3.06. The van der Waals surface area contributed by atoms with Crippen LogP contribution in [0.1, 0.15) is 5.56 Å². The maximum atomic E-state index is 12.7. The molecule has 1 aliphatic heterocycles. The first-order valence-electron chi connectivity index (χ1n) is 9.71. The van der Waals surface area contributed by atoms with Crippen molar-refractivity contribution in [2.45, 2.75) is 12.1 Å². The zero-order chi connectivity index (χ0) is 22.5. The predicted octanol–water partition coefficient (Wildman–Crippen LogP) is 2.17. The largest absolute Gasteiger partial charge is 0.497 e. The Morgan fingerprint density at radius 3 is 2.66 bits per heavy atom. The summed E-state index contributed by atoms with van der Waals surface area (Å²) in [6, 6.07) is 9.79. The van der Waals surface area contributed by atoms with Crippen molar-refractivity contribution in [1.82, 2.24) is 20.2 Å². The molecule has 0 spiro atoms. The van der Waals surface area contributed by atoms with E-state index in [1.54, 1.807) is 48.8 Å². The molecule has 5 rings (SSSR count). The number of aromatic hydroxyl groups is 2. The number of benzene rings is 2. The van der Waals surface area contributed by atoms with E-state index in [4.69, 9.17) is 4.74 Å². The van der Waals surface area contributed by atoms with Gasteiger partial charge >= 0.3 is 6.03 Å². The van der Waals surface area contributed by atoms with Crippen molar-refractivity contribution in [2.24, 2.45) is 0 Å². The standard InChI is InChI=1S/C23H18N4O5/c1-32-16-5-4-15-11-27(20(29)18(15)9-16)12-23(21(30)25-22(31)26-23)7-6-13-2-3-14-10-24-19(28)17(14)8-13/h2-5,8-11,24,28-29H,12H2,1H3,(H2,25,26,30,31)/t23-/m1/s1. The lowest BCUT2D eigenvalue weighted by atomic mass is 9.99. The Hall–Kier alpha value is -4.58. The Morgan fingerprint density at radius 2 is 1.91 bits per heavy atom. The summed E-state index contributed by atoms with van der Waals surface area (Å²) in [4.78, 5) is 27.4. The molecule has 0 bridgehead atoms. The van der Waals surface area contributed by atoms with E-state index in [9.17, 15) is 19.8 Å². The van der Waals surface area contributed by atoms with E-state index in [-0.39, 0.29) is 18.3 Å². The van der Waals surface area contributed by atoms with Gasteiger partial charge in [0.1, 0.15) is 5.75 Å². The number of ether oxygens (including phenoxy) is 1. The second-order valence-electron chi connectivity index (χ2n) is 7.54. The molecule has 1 saturated heterocycles. The van der Waals surface area contributed by atoms with Crippen molar-refractivity contribution >= 4 is 33.5 Å². The van der Waals surface area contributed by atoms with Gasteiger partial charge < -0.3 is 29.8 Å². The molecule has 0 aliphatic carbocycles. The van der Waals surface area contributed by atoms with Crippen molar-refractivity contribution in [2.75, 3.05) is 7.11 Å². The van der Waals surface area contributed by atoms with E-state index in [0.29, 0.717) is 22.1 Å². The first-order valence-corrected chi connectivity index (χ1v) is 9.71. The molecule has 4 aromatic rings. The molecule has 2 aromatic carbocycles. The van der Waals surface area contributed by atoms with Crippen LogP contribution in [0.2, 0.25) is 0 Å². The quantitative estimate of drug-likeness (QED) is 0.251. The van der Waals surface area contributed by atoms with Gasteiger partial charge in [0.2, 0.25) is 5.54 Å². The van der Waals surface area contributed by atoms with E-state index in [1.807, 2.05) is 0 Å². The van der Waals surface area contributed by atoms with Gasteiger partial charge in [0, 0.05) is 39.5 Å². The third-order valence-corrected chi connectivity index (χ3v) is 5.51. The number of H-pyrrole nitrogens is 1. The summed E-state index contributed by atoms with van der Waals surface area (Å²) >= 11 is 0. The molecule has 1 fully saturated rings. The van der Waals surface area contributed by atoms with Crippen molar-refractivity contribution in [1.29, 1.82) is 0 Å². The van der Waals surface area contributed by atoms with Crippen molar-refractivity contribution < 1.29 is 24.5 Å². The van der Waals surface area contributed by atoms with Gasteiger partial charge in [-0.05, 0) is 30.3 Å². The minimum absolute atomic E-state index is 0.0182. The smallest absolute Gasteiger partial charge is 0.323 e. The Kier molecular flexibility index (Phi) is 4.23. The normalized spacial score (nSPS) is 17.8. The van der Waals surface area contributed by atoms with Gasteiger partial charge in [0.25, 0.3) is 5.91 Å². The summed E-state index contributed by atoms with van der Waals surface area (Å²) in [5, 5.41) is 28.1. The molecule has 1 atom stereocenters. The number of carbonyl (C=O) groups excluding carboxylic acids is 2. The number of amides is 3. The Balaban J connectivity index is 1.56. The lowest BCUT2D eigenvalue weighted by molar-refractivity contribution is -0.122. The van der Waals surface area contributed by atoms with Crippen LogP contribution in [0.25, 0.3) is 21.5 Å². The number of hydrogen-bond acceptors (Lipinski definition) is 5. The minimum atomic E-state index is -1.59.